The molecule has 9 heteroatoms. The number of carboxylic acids is 1. The molecule has 1 aromatic heterocycles. The first kappa shape index (κ1) is 26.1. The summed E-state index contributed by atoms with van der Waals surface area (Å²) in [5.41, 5.74) is 4.21. The minimum atomic E-state index is -1.04. The molecule has 6 rings (SSSR count). The summed E-state index contributed by atoms with van der Waals surface area (Å²) in [5.74, 6) is -1.73. The lowest BCUT2D eigenvalue weighted by Crippen LogP contribution is -2.40. The van der Waals surface area contributed by atoms with E-state index in [4.69, 9.17) is 9.72 Å². The molecule has 0 spiro atoms. The smallest absolute Gasteiger partial charge is 0.335 e. The summed E-state index contributed by atoms with van der Waals surface area (Å²) < 4.78 is 5.38. The second kappa shape index (κ2) is 10.4. The van der Waals surface area contributed by atoms with E-state index in [1.54, 1.807) is 71.6 Å². The van der Waals surface area contributed by atoms with Crippen LogP contribution in [0.25, 0.3) is 28.1 Å². The normalized spacial score (nSPS) is 15.8. The highest BCUT2D eigenvalue weighted by atomic mass is 16.5. The van der Waals surface area contributed by atoms with E-state index in [2.05, 4.69) is 0 Å². The van der Waals surface area contributed by atoms with Crippen molar-refractivity contribution in [3.8, 4) is 11.1 Å². The largest absolute Gasteiger partial charge is 0.478 e. The van der Waals surface area contributed by atoms with E-state index < -0.39 is 5.97 Å². The highest BCUT2D eigenvalue weighted by Gasteiger charge is 2.34. The molecule has 4 aromatic rings. The summed E-state index contributed by atoms with van der Waals surface area (Å²) in [4.78, 5) is 58.5. The predicted molar refractivity (Wildman–Crippen MR) is 153 cm³/mol. The molecule has 41 heavy (non-hydrogen) atoms. The average Bonchev–Trinajstić information content (AvgIpc) is 3.27. The van der Waals surface area contributed by atoms with Crippen LogP contribution in [0, 0.1) is 0 Å². The number of allylic oxidation sites excluding steroid dienone is 1. The Morgan fingerprint density at radius 1 is 0.902 bits per heavy atom. The molecule has 2 aliphatic rings. The number of rotatable bonds is 4. The zero-order valence-electron chi connectivity index (χ0n) is 22.2. The lowest BCUT2D eigenvalue weighted by atomic mass is 9.97. The number of hydrogen-bond acceptors (Lipinski definition) is 6. The molecular weight excluding hydrogens is 522 g/mol. The van der Waals surface area contributed by atoms with Crippen LogP contribution in [-0.2, 0) is 9.53 Å². The van der Waals surface area contributed by atoms with E-state index in [0.717, 1.165) is 0 Å². The van der Waals surface area contributed by atoms with Crippen LogP contribution in [0.3, 0.4) is 0 Å². The number of aromatic nitrogens is 1. The number of ether oxygens (including phenoxy) is 1. The van der Waals surface area contributed by atoms with Gasteiger partial charge in [0.1, 0.15) is 0 Å². The molecule has 1 saturated heterocycles. The van der Waals surface area contributed by atoms with Gasteiger partial charge in [0.2, 0.25) is 11.7 Å². The van der Waals surface area contributed by atoms with E-state index in [1.807, 2.05) is 0 Å². The number of benzene rings is 3. The summed E-state index contributed by atoms with van der Waals surface area (Å²) in [7, 11) is 0. The molecular formula is C32H25N3O6. The number of ketones is 1. The van der Waals surface area contributed by atoms with Crippen molar-refractivity contribution in [3.63, 3.8) is 0 Å². The second-order valence-corrected chi connectivity index (χ2v) is 9.84. The number of hydrogen-bond donors (Lipinski definition) is 1. The van der Waals surface area contributed by atoms with E-state index in [0.29, 0.717) is 70.8 Å². The average molecular weight is 548 g/mol. The fraction of sp³-hybridized carbons (Fsp3) is 0.156. The summed E-state index contributed by atoms with van der Waals surface area (Å²) in [5, 5.41) is 10.1. The van der Waals surface area contributed by atoms with Crippen LogP contribution < -0.4 is 4.90 Å². The van der Waals surface area contributed by atoms with Crippen LogP contribution in [0.5, 0.6) is 0 Å². The van der Waals surface area contributed by atoms with Crippen molar-refractivity contribution in [3.05, 3.63) is 101 Å². The number of fused-ring (bicyclic) bond motifs is 2. The molecule has 0 unspecified atom stereocenters. The van der Waals surface area contributed by atoms with Crippen LogP contribution >= 0.6 is 0 Å². The van der Waals surface area contributed by atoms with Crippen molar-refractivity contribution in [2.45, 2.75) is 6.92 Å². The van der Waals surface area contributed by atoms with Crippen LogP contribution in [0.4, 0.5) is 5.69 Å². The minimum absolute atomic E-state index is 0.111. The number of anilines is 1. The Hall–Kier alpha value is -5.15. The first-order chi connectivity index (χ1) is 19.8. The fourth-order valence-corrected chi connectivity index (χ4v) is 5.27. The van der Waals surface area contributed by atoms with Gasteiger partial charge in [0.25, 0.3) is 5.91 Å². The Kier molecular flexibility index (Phi) is 6.64. The maximum atomic E-state index is 13.3. The maximum Gasteiger partial charge on any atom is 0.335 e. The molecule has 0 radical (unpaired) electrons. The lowest BCUT2D eigenvalue weighted by molar-refractivity contribution is -0.116. The second-order valence-electron chi connectivity index (χ2n) is 9.84. The fourth-order valence-electron chi connectivity index (χ4n) is 5.27. The van der Waals surface area contributed by atoms with Gasteiger partial charge in [-0.15, -0.1) is 0 Å². The molecule has 0 bridgehead atoms. The Labute approximate surface area is 235 Å². The zero-order valence-corrected chi connectivity index (χ0v) is 22.2. The maximum absolute atomic E-state index is 13.3. The number of Topliss-reactive ketones (excluding diaryl/α,β-unsaturated/α-hetero) is 1. The first-order valence-corrected chi connectivity index (χ1v) is 13.1. The number of carbonyl (C=O) groups excluding carboxylic acids is 3. The molecule has 0 aliphatic carbocycles. The number of amides is 2. The van der Waals surface area contributed by atoms with Crippen molar-refractivity contribution in [1.29, 1.82) is 0 Å². The van der Waals surface area contributed by atoms with E-state index in [9.17, 15) is 24.3 Å². The third kappa shape index (κ3) is 4.76. The summed E-state index contributed by atoms with van der Waals surface area (Å²) >= 11 is 0. The van der Waals surface area contributed by atoms with Gasteiger partial charge >= 0.3 is 5.97 Å². The Morgan fingerprint density at radius 2 is 1.61 bits per heavy atom. The number of para-hydroxylation sites is 1. The SMILES string of the molecule is CC(=O)N1/C(=C/c2cc(-c3ccc(C(=O)O)cc3)c3cc(C(=O)N4CCOCC4)ccc3n2)C(=O)c2ccccc21. The minimum Gasteiger partial charge on any atom is -0.478 e. The molecule has 3 aromatic carbocycles. The number of carboxylic acid groups (broad SMARTS) is 1. The zero-order chi connectivity index (χ0) is 28.7. The van der Waals surface area contributed by atoms with E-state index in [1.165, 1.54) is 24.0 Å². The van der Waals surface area contributed by atoms with Gasteiger partial charge in [-0.2, -0.15) is 0 Å². The molecule has 2 aliphatic heterocycles. The number of aromatic carboxylic acids is 1. The molecule has 0 saturated carbocycles. The van der Waals surface area contributed by atoms with Crippen molar-refractivity contribution in [2.75, 3.05) is 31.2 Å². The predicted octanol–water partition coefficient (Wildman–Crippen LogP) is 4.66. The number of carbonyl (C=O) groups is 4. The number of pyridine rings is 1. The molecule has 3 heterocycles. The molecule has 1 N–H and O–H groups in total. The quantitative estimate of drug-likeness (QED) is 0.369. The number of morpholine rings is 1. The first-order valence-electron chi connectivity index (χ1n) is 13.1. The van der Waals surface area contributed by atoms with Gasteiger partial charge < -0.3 is 14.7 Å². The molecule has 0 atom stereocenters. The Bertz CT molecular complexity index is 1770. The van der Waals surface area contributed by atoms with Gasteiger partial charge in [0, 0.05) is 36.5 Å². The third-order valence-electron chi connectivity index (χ3n) is 7.28. The standard InChI is InChI=1S/C32H25N3O6/c1-19(36)35-28-5-3-2-4-24(28)30(37)29(35)18-23-17-25(20-6-8-21(9-7-20)32(39)40)26-16-22(10-11-27(26)33-23)31(38)34-12-14-41-15-13-34/h2-11,16-18H,12-15H2,1H3,(H,39,40)/b29-18+. The van der Waals surface area contributed by atoms with Crippen LogP contribution in [0.1, 0.15) is 43.7 Å². The van der Waals surface area contributed by atoms with Crippen molar-refractivity contribution in [2.24, 2.45) is 0 Å². The topological polar surface area (TPSA) is 117 Å². The summed E-state index contributed by atoms with van der Waals surface area (Å²) in [6.07, 6.45) is 1.59. The molecule has 9 nitrogen and oxygen atoms in total. The molecule has 2 amide bonds. The highest BCUT2D eigenvalue weighted by molar-refractivity contribution is 6.26. The van der Waals surface area contributed by atoms with Gasteiger partial charge in [0.05, 0.1) is 41.4 Å². The third-order valence-corrected chi connectivity index (χ3v) is 7.28. The lowest BCUT2D eigenvalue weighted by Gasteiger charge is -2.27. The summed E-state index contributed by atoms with van der Waals surface area (Å²) in [6, 6.07) is 20.4. The Morgan fingerprint density at radius 3 is 2.32 bits per heavy atom. The van der Waals surface area contributed by atoms with Gasteiger partial charge in [-0.05, 0) is 65.7 Å². The summed E-state index contributed by atoms with van der Waals surface area (Å²) in [6.45, 7) is 3.39. The van der Waals surface area contributed by atoms with Gasteiger partial charge in [-0.3, -0.25) is 19.3 Å². The van der Waals surface area contributed by atoms with Crippen LogP contribution in [0.15, 0.2) is 78.5 Å². The van der Waals surface area contributed by atoms with Gasteiger partial charge in [-0.25, -0.2) is 9.78 Å². The van der Waals surface area contributed by atoms with Crippen molar-refractivity contribution in [1.82, 2.24) is 9.88 Å². The van der Waals surface area contributed by atoms with E-state index in [-0.39, 0.29) is 28.9 Å². The van der Waals surface area contributed by atoms with Crippen LogP contribution in [-0.4, -0.2) is 64.9 Å². The van der Waals surface area contributed by atoms with Gasteiger partial charge in [-0.1, -0.05) is 24.3 Å². The van der Waals surface area contributed by atoms with E-state index >= 15 is 0 Å². The monoisotopic (exact) mass is 547 g/mol. The molecule has 204 valence electrons. The Balaban J connectivity index is 1.50. The highest BCUT2D eigenvalue weighted by Crippen LogP contribution is 2.36. The van der Waals surface area contributed by atoms with Crippen molar-refractivity contribution < 1.29 is 29.0 Å². The van der Waals surface area contributed by atoms with Crippen LogP contribution in [0.2, 0.25) is 0 Å². The number of nitrogens with zero attached hydrogens (tertiary/aromatic N) is 3. The van der Waals surface area contributed by atoms with Gasteiger partial charge in [0.15, 0.2) is 0 Å². The van der Waals surface area contributed by atoms with Crippen molar-refractivity contribution >= 4 is 46.2 Å². The molecule has 1 fully saturated rings.